The Labute approximate surface area is 177 Å². The fourth-order valence-electron chi connectivity index (χ4n) is 2.82. The SMILES string of the molecule is CCC(C)Oc1cc(/C=C/c2ccc(F)cc2)c(C(=O)OC)c(O)c1CC=C(C)C. The smallest absolute Gasteiger partial charge is 0.342 e. The normalized spacial score (nSPS) is 11.9. The maximum absolute atomic E-state index is 13.2. The maximum Gasteiger partial charge on any atom is 0.342 e. The Bertz CT molecular complexity index is 939. The lowest BCUT2D eigenvalue weighted by Gasteiger charge is -2.20. The molecule has 5 heteroatoms. The van der Waals surface area contributed by atoms with Crippen LogP contribution in [0.3, 0.4) is 0 Å². The Morgan fingerprint density at radius 1 is 1.20 bits per heavy atom. The van der Waals surface area contributed by atoms with Gasteiger partial charge in [0.05, 0.1) is 13.2 Å². The van der Waals surface area contributed by atoms with Crippen molar-refractivity contribution in [3.8, 4) is 11.5 Å². The molecular formula is C25H29FO4. The van der Waals surface area contributed by atoms with Gasteiger partial charge in [-0.15, -0.1) is 0 Å². The molecule has 30 heavy (non-hydrogen) atoms. The van der Waals surface area contributed by atoms with E-state index < -0.39 is 5.97 Å². The van der Waals surface area contributed by atoms with Crippen LogP contribution in [-0.2, 0) is 11.2 Å². The Morgan fingerprint density at radius 2 is 1.87 bits per heavy atom. The van der Waals surface area contributed by atoms with E-state index in [0.29, 0.717) is 23.3 Å². The summed E-state index contributed by atoms with van der Waals surface area (Å²) in [5, 5.41) is 11.0. The molecule has 0 aromatic heterocycles. The van der Waals surface area contributed by atoms with Crippen LogP contribution in [0.4, 0.5) is 4.39 Å². The molecule has 0 heterocycles. The lowest BCUT2D eigenvalue weighted by molar-refractivity contribution is 0.0597. The predicted molar refractivity (Wildman–Crippen MR) is 118 cm³/mol. The Hall–Kier alpha value is -3.08. The number of rotatable bonds is 8. The molecule has 160 valence electrons. The van der Waals surface area contributed by atoms with Gasteiger partial charge in [0.2, 0.25) is 0 Å². The molecule has 0 aliphatic carbocycles. The number of phenols is 1. The van der Waals surface area contributed by atoms with Gasteiger partial charge in [0.15, 0.2) is 0 Å². The number of phenolic OH excluding ortho intramolecular Hbond substituents is 1. The molecule has 0 aliphatic rings. The molecule has 0 saturated carbocycles. The summed E-state index contributed by atoms with van der Waals surface area (Å²) < 4.78 is 24.1. The molecule has 0 saturated heterocycles. The second-order valence-electron chi connectivity index (χ2n) is 7.36. The molecule has 0 aliphatic heterocycles. The van der Waals surface area contributed by atoms with Crippen molar-refractivity contribution in [1.29, 1.82) is 0 Å². The van der Waals surface area contributed by atoms with Crippen LogP contribution < -0.4 is 4.74 Å². The number of hydrogen-bond acceptors (Lipinski definition) is 4. The summed E-state index contributed by atoms with van der Waals surface area (Å²) >= 11 is 0. The monoisotopic (exact) mass is 412 g/mol. The average molecular weight is 413 g/mol. The van der Waals surface area contributed by atoms with E-state index in [1.807, 2.05) is 33.8 Å². The number of allylic oxidation sites excluding steroid dienone is 2. The molecule has 4 nitrogen and oxygen atoms in total. The standard InChI is InChI=1S/C25H29FO4/c1-6-17(4)30-22-15-19(11-8-18-9-12-20(26)13-10-18)23(25(28)29-5)24(27)21(22)14-7-16(2)3/h7-13,15,17,27H,6,14H2,1-5H3/b11-8+. The molecule has 0 fully saturated rings. The minimum absolute atomic E-state index is 0.0623. The quantitative estimate of drug-likeness (QED) is 0.320. The largest absolute Gasteiger partial charge is 0.507 e. The molecule has 0 spiro atoms. The van der Waals surface area contributed by atoms with Crippen LogP contribution in [0.5, 0.6) is 11.5 Å². The highest BCUT2D eigenvalue weighted by atomic mass is 19.1. The van der Waals surface area contributed by atoms with E-state index in [4.69, 9.17) is 9.47 Å². The van der Waals surface area contributed by atoms with Gasteiger partial charge < -0.3 is 14.6 Å². The number of carbonyl (C=O) groups excluding carboxylic acids is 1. The number of aromatic hydroxyl groups is 1. The van der Waals surface area contributed by atoms with E-state index in [9.17, 15) is 14.3 Å². The molecule has 2 rings (SSSR count). The summed E-state index contributed by atoms with van der Waals surface area (Å²) in [6.07, 6.45) is 6.55. The third-order valence-corrected chi connectivity index (χ3v) is 4.73. The third-order valence-electron chi connectivity index (χ3n) is 4.73. The molecule has 0 radical (unpaired) electrons. The predicted octanol–water partition coefficient (Wildman–Crippen LogP) is 6.17. The van der Waals surface area contributed by atoms with Gasteiger partial charge in [0.25, 0.3) is 0 Å². The fourth-order valence-corrected chi connectivity index (χ4v) is 2.82. The second kappa shape index (κ2) is 10.6. The number of esters is 1. The van der Waals surface area contributed by atoms with Gasteiger partial charge >= 0.3 is 5.97 Å². The number of carbonyl (C=O) groups is 1. The van der Waals surface area contributed by atoms with Gasteiger partial charge in [-0.3, -0.25) is 0 Å². The second-order valence-corrected chi connectivity index (χ2v) is 7.36. The summed E-state index contributed by atoms with van der Waals surface area (Å²) in [6.45, 7) is 7.89. The number of benzene rings is 2. The van der Waals surface area contributed by atoms with Gasteiger partial charge in [0.1, 0.15) is 22.9 Å². The molecule has 2 aromatic carbocycles. The van der Waals surface area contributed by atoms with E-state index in [1.165, 1.54) is 19.2 Å². The van der Waals surface area contributed by atoms with Crippen LogP contribution in [0.2, 0.25) is 0 Å². The highest BCUT2D eigenvalue weighted by molar-refractivity contribution is 5.98. The number of methoxy groups -OCH3 is 1. The van der Waals surface area contributed by atoms with Crippen molar-refractivity contribution >= 4 is 18.1 Å². The molecule has 0 amide bonds. The van der Waals surface area contributed by atoms with E-state index >= 15 is 0 Å². The van der Waals surface area contributed by atoms with E-state index in [2.05, 4.69) is 0 Å². The Kier molecular flexibility index (Phi) is 8.22. The molecule has 2 aromatic rings. The molecule has 1 unspecified atom stereocenters. The maximum atomic E-state index is 13.2. The van der Waals surface area contributed by atoms with Crippen LogP contribution in [-0.4, -0.2) is 24.3 Å². The Balaban J connectivity index is 2.64. The van der Waals surface area contributed by atoms with Crippen LogP contribution in [0.1, 0.15) is 61.2 Å². The average Bonchev–Trinajstić information content (AvgIpc) is 2.72. The van der Waals surface area contributed by atoms with Gasteiger partial charge in [-0.05, 0) is 62.9 Å². The highest BCUT2D eigenvalue weighted by Gasteiger charge is 2.23. The summed E-state index contributed by atoms with van der Waals surface area (Å²) in [6, 6.07) is 7.72. The third kappa shape index (κ3) is 5.96. The number of ether oxygens (including phenoxy) is 2. The minimum atomic E-state index is -0.639. The number of hydrogen-bond donors (Lipinski definition) is 1. The zero-order chi connectivity index (χ0) is 22.3. The topological polar surface area (TPSA) is 55.8 Å². The lowest BCUT2D eigenvalue weighted by Crippen LogP contribution is -2.13. The first-order valence-electron chi connectivity index (χ1n) is 9.97. The van der Waals surface area contributed by atoms with Crippen LogP contribution in [0.25, 0.3) is 12.2 Å². The summed E-state index contributed by atoms with van der Waals surface area (Å²) in [4.78, 5) is 12.5. The van der Waals surface area contributed by atoms with Crippen LogP contribution in [0, 0.1) is 5.82 Å². The first kappa shape index (κ1) is 23.2. The van der Waals surface area contributed by atoms with Gasteiger partial charge in [-0.25, -0.2) is 9.18 Å². The molecular weight excluding hydrogens is 383 g/mol. The molecule has 0 bridgehead atoms. The minimum Gasteiger partial charge on any atom is -0.507 e. The van der Waals surface area contributed by atoms with Crippen molar-refractivity contribution in [2.24, 2.45) is 0 Å². The number of halogens is 1. The van der Waals surface area contributed by atoms with E-state index in [1.54, 1.807) is 30.4 Å². The summed E-state index contributed by atoms with van der Waals surface area (Å²) in [5.41, 5.74) is 2.91. The van der Waals surface area contributed by atoms with E-state index in [-0.39, 0.29) is 23.2 Å². The summed E-state index contributed by atoms with van der Waals surface area (Å²) in [7, 11) is 1.27. The molecule has 1 atom stereocenters. The fraction of sp³-hybridized carbons (Fsp3) is 0.320. The lowest BCUT2D eigenvalue weighted by atomic mass is 9.97. The zero-order valence-corrected chi connectivity index (χ0v) is 18.2. The van der Waals surface area contributed by atoms with Crippen molar-refractivity contribution in [2.45, 2.75) is 46.6 Å². The van der Waals surface area contributed by atoms with Gasteiger partial charge in [-0.2, -0.15) is 0 Å². The van der Waals surface area contributed by atoms with Crippen molar-refractivity contribution < 1.29 is 23.8 Å². The first-order chi connectivity index (χ1) is 14.3. The van der Waals surface area contributed by atoms with Crippen molar-refractivity contribution in [3.05, 3.63) is 70.1 Å². The van der Waals surface area contributed by atoms with E-state index in [0.717, 1.165) is 17.6 Å². The van der Waals surface area contributed by atoms with Crippen molar-refractivity contribution in [1.82, 2.24) is 0 Å². The van der Waals surface area contributed by atoms with Crippen molar-refractivity contribution in [3.63, 3.8) is 0 Å². The molecule has 1 N–H and O–H groups in total. The van der Waals surface area contributed by atoms with Crippen LogP contribution in [0.15, 0.2) is 42.0 Å². The Morgan fingerprint density at radius 3 is 2.43 bits per heavy atom. The van der Waals surface area contributed by atoms with Crippen molar-refractivity contribution in [2.75, 3.05) is 7.11 Å². The summed E-state index contributed by atoms with van der Waals surface area (Å²) in [5.74, 6) is -0.600. The van der Waals surface area contributed by atoms with Gasteiger partial charge in [0, 0.05) is 5.56 Å². The van der Waals surface area contributed by atoms with Crippen LogP contribution >= 0.6 is 0 Å². The first-order valence-corrected chi connectivity index (χ1v) is 9.97. The van der Waals surface area contributed by atoms with Gasteiger partial charge in [-0.1, -0.05) is 42.9 Å². The highest BCUT2D eigenvalue weighted by Crippen LogP contribution is 2.37. The zero-order valence-electron chi connectivity index (χ0n) is 18.2.